The minimum absolute atomic E-state index is 0.814. The third-order valence-corrected chi connectivity index (χ3v) is 2.93. The molecule has 0 fully saturated rings. The summed E-state index contributed by atoms with van der Waals surface area (Å²) in [6, 6.07) is 18.6. The van der Waals surface area contributed by atoms with Crippen LogP contribution in [0.15, 0.2) is 54.6 Å². The van der Waals surface area contributed by atoms with Crippen molar-refractivity contribution in [1.29, 1.82) is 0 Å². The molecule has 0 amide bonds. The van der Waals surface area contributed by atoms with Crippen molar-refractivity contribution >= 4 is 18.5 Å². The molecule has 82 valence electrons. The Morgan fingerprint density at radius 2 is 1.56 bits per heavy atom. The summed E-state index contributed by atoms with van der Waals surface area (Å²) in [4.78, 5) is 0. The number of aryl methyl sites for hydroxylation is 1. The molecule has 1 nitrogen and oxygen atoms in total. The summed E-state index contributed by atoms with van der Waals surface area (Å²) in [6.45, 7) is 2.92. The van der Waals surface area contributed by atoms with Gasteiger partial charge in [0.2, 0.25) is 0 Å². The highest BCUT2D eigenvalue weighted by atomic mass is 32.1. The first-order valence-corrected chi connectivity index (χ1v) is 5.73. The van der Waals surface area contributed by atoms with Crippen molar-refractivity contribution in [3.05, 3.63) is 65.7 Å². The van der Waals surface area contributed by atoms with Gasteiger partial charge < -0.3 is 4.31 Å². The van der Waals surface area contributed by atoms with E-state index in [4.69, 9.17) is 0 Å². The summed E-state index contributed by atoms with van der Waals surface area (Å²) in [5, 5.41) is 0. The Labute approximate surface area is 102 Å². The van der Waals surface area contributed by atoms with E-state index < -0.39 is 0 Å². The molecule has 0 aliphatic heterocycles. The van der Waals surface area contributed by atoms with Gasteiger partial charge in [-0.3, -0.25) is 0 Å². The fraction of sp³-hybridized carbons (Fsp3) is 0.143. The summed E-state index contributed by atoms with van der Waals surface area (Å²) in [5.41, 5.74) is 3.67. The van der Waals surface area contributed by atoms with Gasteiger partial charge in [0.25, 0.3) is 0 Å². The molecule has 16 heavy (non-hydrogen) atoms. The molecule has 0 N–H and O–H groups in total. The molecular weight excluding hydrogens is 214 g/mol. The summed E-state index contributed by atoms with van der Waals surface area (Å²) in [5.74, 6) is 0. The second kappa shape index (κ2) is 5.08. The number of para-hydroxylation sites is 1. The first-order valence-electron chi connectivity index (χ1n) is 5.33. The summed E-state index contributed by atoms with van der Waals surface area (Å²) < 4.78 is 1.98. The van der Waals surface area contributed by atoms with Gasteiger partial charge >= 0.3 is 0 Å². The molecule has 2 aromatic rings. The Balaban J connectivity index is 2.15. The van der Waals surface area contributed by atoms with Gasteiger partial charge in [-0.05, 0) is 24.1 Å². The van der Waals surface area contributed by atoms with Crippen molar-refractivity contribution in [2.24, 2.45) is 0 Å². The fourth-order valence-electron chi connectivity index (χ4n) is 1.69. The summed E-state index contributed by atoms with van der Waals surface area (Å²) in [6.07, 6.45) is 0. The molecule has 0 aliphatic rings. The van der Waals surface area contributed by atoms with Crippen LogP contribution in [0.3, 0.4) is 0 Å². The fourth-order valence-corrected chi connectivity index (χ4v) is 2.08. The van der Waals surface area contributed by atoms with E-state index in [-0.39, 0.29) is 0 Å². The van der Waals surface area contributed by atoms with Crippen LogP contribution in [0, 0.1) is 6.92 Å². The van der Waals surface area contributed by atoms with Crippen LogP contribution in [0.25, 0.3) is 0 Å². The number of hydrogen-bond acceptors (Lipinski definition) is 2. The zero-order valence-electron chi connectivity index (χ0n) is 9.30. The third-order valence-electron chi connectivity index (χ3n) is 2.57. The third kappa shape index (κ3) is 2.58. The molecule has 0 atom stereocenters. The van der Waals surface area contributed by atoms with Gasteiger partial charge in [0.05, 0.1) is 12.2 Å². The van der Waals surface area contributed by atoms with E-state index in [1.165, 1.54) is 11.1 Å². The first-order chi connectivity index (χ1) is 7.77. The zero-order chi connectivity index (χ0) is 11.4. The molecule has 0 bridgehead atoms. The van der Waals surface area contributed by atoms with Crippen molar-refractivity contribution < 1.29 is 0 Å². The summed E-state index contributed by atoms with van der Waals surface area (Å²) >= 11 is 4.53. The number of rotatable bonds is 3. The molecule has 2 aromatic carbocycles. The number of hydrogen-bond donors (Lipinski definition) is 1. The van der Waals surface area contributed by atoms with Crippen molar-refractivity contribution in [2.45, 2.75) is 13.5 Å². The highest BCUT2D eigenvalue weighted by molar-refractivity contribution is 7.81. The van der Waals surface area contributed by atoms with Crippen LogP contribution < -0.4 is 4.31 Å². The Hall–Kier alpha value is -1.41. The normalized spacial score (nSPS) is 10.1. The molecule has 0 saturated carbocycles. The second-order valence-electron chi connectivity index (χ2n) is 3.83. The first kappa shape index (κ1) is 11.1. The molecule has 0 aromatic heterocycles. The van der Waals surface area contributed by atoms with Crippen molar-refractivity contribution in [3.63, 3.8) is 0 Å². The average molecular weight is 229 g/mol. The quantitative estimate of drug-likeness (QED) is 0.782. The number of nitrogens with zero attached hydrogens (tertiary/aromatic N) is 1. The topological polar surface area (TPSA) is 3.24 Å². The van der Waals surface area contributed by atoms with Gasteiger partial charge in [0.1, 0.15) is 0 Å². The highest BCUT2D eigenvalue weighted by Crippen LogP contribution is 2.22. The van der Waals surface area contributed by atoms with Gasteiger partial charge in [-0.1, -0.05) is 61.3 Å². The van der Waals surface area contributed by atoms with Gasteiger partial charge in [-0.15, -0.1) is 0 Å². The predicted octanol–water partition coefficient (Wildman–Crippen LogP) is 3.85. The molecule has 0 spiro atoms. The lowest BCUT2D eigenvalue weighted by atomic mass is 10.2. The molecule has 0 radical (unpaired) electrons. The molecule has 2 rings (SSSR count). The van der Waals surface area contributed by atoms with Crippen LogP contribution in [0.2, 0.25) is 0 Å². The summed E-state index contributed by atoms with van der Waals surface area (Å²) in [7, 11) is 0. The Morgan fingerprint density at radius 1 is 0.938 bits per heavy atom. The number of anilines is 1. The van der Waals surface area contributed by atoms with Crippen LogP contribution in [-0.4, -0.2) is 0 Å². The maximum atomic E-state index is 4.53. The largest absolute Gasteiger partial charge is 0.314 e. The van der Waals surface area contributed by atoms with Crippen LogP contribution in [0.4, 0.5) is 5.69 Å². The standard InChI is InChI=1S/C14H15NS/c1-12-7-5-6-10-14(12)15(16)11-13-8-3-2-4-9-13/h2-10,16H,11H2,1H3. The Kier molecular flexibility index (Phi) is 3.52. The lowest BCUT2D eigenvalue weighted by Crippen LogP contribution is -2.10. The van der Waals surface area contributed by atoms with Gasteiger partial charge in [0, 0.05) is 0 Å². The minimum atomic E-state index is 0.814. The van der Waals surface area contributed by atoms with Crippen LogP contribution in [0.5, 0.6) is 0 Å². The van der Waals surface area contributed by atoms with E-state index in [2.05, 4.69) is 56.1 Å². The molecular formula is C14H15NS. The molecule has 0 heterocycles. The molecule has 0 unspecified atom stereocenters. The molecule has 0 aliphatic carbocycles. The average Bonchev–Trinajstić information content (AvgIpc) is 2.31. The maximum Gasteiger partial charge on any atom is 0.0543 e. The predicted molar refractivity (Wildman–Crippen MR) is 72.8 cm³/mol. The Bertz CT molecular complexity index is 453. The second-order valence-corrected chi connectivity index (χ2v) is 4.31. The molecule has 2 heteroatoms. The maximum absolute atomic E-state index is 4.53. The Morgan fingerprint density at radius 3 is 2.25 bits per heavy atom. The number of thiol groups is 1. The van der Waals surface area contributed by atoms with E-state index in [1.807, 2.05) is 22.5 Å². The van der Waals surface area contributed by atoms with Crippen LogP contribution >= 0.6 is 12.8 Å². The van der Waals surface area contributed by atoms with E-state index in [9.17, 15) is 0 Å². The monoisotopic (exact) mass is 229 g/mol. The van der Waals surface area contributed by atoms with Gasteiger partial charge in [-0.2, -0.15) is 0 Å². The van der Waals surface area contributed by atoms with Crippen molar-refractivity contribution in [1.82, 2.24) is 0 Å². The van der Waals surface area contributed by atoms with Crippen molar-refractivity contribution in [3.8, 4) is 0 Å². The van der Waals surface area contributed by atoms with Gasteiger partial charge in [0.15, 0.2) is 0 Å². The smallest absolute Gasteiger partial charge is 0.0543 e. The van der Waals surface area contributed by atoms with E-state index >= 15 is 0 Å². The highest BCUT2D eigenvalue weighted by Gasteiger charge is 2.04. The lowest BCUT2D eigenvalue weighted by molar-refractivity contribution is 1.05. The van der Waals surface area contributed by atoms with Crippen LogP contribution in [-0.2, 0) is 6.54 Å². The minimum Gasteiger partial charge on any atom is -0.314 e. The lowest BCUT2D eigenvalue weighted by Gasteiger charge is -2.19. The van der Waals surface area contributed by atoms with Crippen molar-refractivity contribution in [2.75, 3.05) is 4.31 Å². The van der Waals surface area contributed by atoms with E-state index in [0.717, 1.165) is 12.2 Å². The van der Waals surface area contributed by atoms with E-state index in [1.54, 1.807) is 0 Å². The van der Waals surface area contributed by atoms with E-state index in [0.29, 0.717) is 0 Å². The van der Waals surface area contributed by atoms with Gasteiger partial charge in [-0.25, -0.2) is 0 Å². The SMILES string of the molecule is Cc1ccccc1N(S)Cc1ccccc1. The number of benzene rings is 2. The molecule has 0 saturated heterocycles. The van der Waals surface area contributed by atoms with Crippen LogP contribution in [0.1, 0.15) is 11.1 Å². The zero-order valence-corrected chi connectivity index (χ0v) is 10.2.